The number of hydrogen-bond acceptors (Lipinski definition) is 3. The molecule has 0 aromatic rings. The summed E-state index contributed by atoms with van der Waals surface area (Å²) in [6, 6.07) is 0.589. The molecule has 2 aliphatic heterocycles. The molecule has 0 saturated carbocycles. The van der Waals surface area contributed by atoms with E-state index in [2.05, 4.69) is 4.90 Å². The summed E-state index contributed by atoms with van der Waals surface area (Å²) in [5, 5.41) is 0. The number of rotatable bonds is 2. The maximum Gasteiger partial charge on any atom is 0.248 e. The van der Waals surface area contributed by atoms with Crippen LogP contribution in [0.15, 0.2) is 0 Å². The summed E-state index contributed by atoms with van der Waals surface area (Å²) in [7, 11) is 0. The van der Waals surface area contributed by atoms with Gasteiger partial charge in [0.05, 0.1) is 5.60 Å². The summed E-state index contributed by atoms with van der Waals surface area (Å²) >= 11 is 0. The average molecular weight is 254 g/mol. The number of ether oxygens (including phenoxy) is 1. The van der Waals surface area contributed by atoms with Crippen LogP contribution in [0.5, 0.6) is 0 Å². The van der Waals surface area contributed by atoms with Crippen molar-refractivity contribution in [3.63, 3.8) is 0 Å². The molecule has 1 unspecified atom stereocenters. The molecule has 1 atom stereocenters. The first-order chi connectivity index (χ1) is 8.46. The highest BCUT2D eigenvalue weighted by molar-refractivity contribution is 5.77. The Morgan fingerprint density at radius 1 is 1.22 bits per heavy atom. The van der Waals surface area contributed by atoms with Crippen molar-refractivity contribution in [2.75, 3.05) is 32.8 Å². The summed E-state index contributed by atoms with van der Waals surface area (Å²) in [6.45, 7) is 10.3. The van der Waals surface area contributed by atoms with Crippen LogP contribution in [0, 0.1) is 0 Å². The Labute approximate surface area is 110 Å². The Bertz CT molecular complexity index is 299. The van der Waals surface area contributed by atoms with Gasteiger partial charge in [-0.05, 0) is 46.6 Å². The molecule has 2 rings (SSSR count). The topological polar surface area (TPSA) is 32.8 Å². The Hall–Kier alpha value is -0.610. The van der Waals surface area contributed by atoms with Crippen LogP contribution in [0.2, 0.25) is 0 Å². The quantitative estimate of drug-likeness (QED) is 0.748. The highest BCUT2D eigenvalue weighted by atomic mass is 16.5. The van der Waals surface area contributed by atoms with E-state index in [9.17, 15) is 4.79 Å². The third-order valence-corrected chi connectivity index (χ3v) is 3.78. The highest BCUT2D eigenvalue weighted by Gasteiger charge is 2.30. The van der Waals surface area contributed by atoms with E-state index in [4.69, 9.17) is 4.74 Å². The van der Waals surface area contributed by atoms with Gasteiger partial charge in [0.2, 0.25) is 5.91 Å². The van der Waals surface area contributed by atoms with E-state index >= 15 is 0 Å². The summed E-state index contributed by atoms with van der Waals surface area (Å²) in [4.78, 5) is 16.7. The SMILES string of the molecule is CC(C)(C)OCC(=O)N1CCCN2CCCC2C1. The van der Waals surface area contributed by atoms with Gasteiger partial charge in [-0.2, -0.15) is 0 Å². The van der Waals surface area contributed by atoms with Gasteiger partial charge in [-0.15, -0.1) is 0 Å². The monoisotopic (exact) mass is 254 g/mol. The van der Waals surface area contributed by atoms with E-state index in [1.54, 1.807) is 0 Å². The van der Waals surface area contributed by atoms with Crippen molar-refractivity contribution >= 4 is 5.91 Å². The fourth-order valence-electron chi connectivity index (χ4n) is 2.80. The highest BCUT2D eigenvalue weighted by Crippen LogP contribution is 2.21. The molecule has 0 spiro atoms. The largest absolute Gasteiger partial charge is 0.366 e. The van der Waals surface area contributed by atoms with E-state index < -0.39 is 0 Å². The first kappa shape index (κ1) is 13.8. The number of amides is 1. The van der Waals surface area contributed by atoms with Crippen molar-refractivity contribution in [3.8, 4) is 0 Å². The summed E-state index contributed by atoms with van der Waals surface area (Å²) < 4.78 is 5.59. The molecule has 0 aliphatic carbocycles. The van der Waals surface area contributed by atoms with Gasteiger partial charge in [0, 0.05) is 25.7 Å². The lowest BCUT2D eigenvalue weighted by atomic mass is 10.2. The van der Waals surface area contributed by atoms with Crippen molar-refractivity contribution in [1.29, 1.82) is 0 Å². The zero-order valence-electron chi connectivity index (χ0n) is 11.9. The maximum absolute atomic E-state index is 12.2. The van der Waals surface area contributed by atoms with Crippen LogP contribution in [-0.4, -0.2) is 60.1 Å². The lowest BCUT2D eigenvalue weighted by Gasteiger charge is -2.27. The molecule has 2 aliphatic rings. The van der Waals surface area contributed by atoms with Gasteiger partial charge < -0.3 is 9.64 Å². The molecule has 0 radical (unpaired) electrons. The lowest BCUT2D eigenvalue weighted by Crippen LogP contribution is -2.42. The van der Waals surface area contributed by atoms with E-state index in [0.717, 1.165) is 26.1 Å². The van der Waals surface area contributed by atoms with E-state index in [1.165, 1.54) is 19.4 Å². The molecule has 2 fully saturated rings. The second kappa shape index (κ2) is 5.57. The molecule has 0 aromatic heterocycles. The first-order valence-corrected chi connectivity index (χ1v) is 7.11. The molecular formula is C14H26N2O2. The molecule has 0 aromatic carbocycles. The molecular weight excluding hydrogens is 228 g/mol. The zero-order valence-corrected chi connectivity index (χ0v) is 11.9. The second-order valence-corrected chi connectivity index (χ2v) is 6.43. The average Bonchev–Trinajstić information content (AvgIpc) is 2.62. The Morgan fingerprint density at radius 2 is 1.94 bits per heavy atom. The van der Waals surface area contributed by atoms with Gasteiger partial charge >= 0.3 is 0 Å². The molecule has 0 bridgehead atoms. The van der Waals surface area contributed by atoms with Crippen LogP contribution in [0.1, 0.15) is 40.0 Å². The van der Waals surface area contributed by atoms with E-state index in [0.29, 0.717) is 6.04 Å². The van der Waals surface area contributed by atoms with Gasteiger partial charge in [-0.25, -0.2) is 0 Å². The molecule has 2 saturated heterocycles. The molecule has 18 heavy (non-hydrogen) atoms. The fraction of sp³-hybridized carbons (Fsp3) is 0.929. The Balaban J connectivity index is 1.86. The zero-order chi connectivity index (χ0) is 13.2. The molecule has 2 heterocycles. The third-order valence-electron chi connectivity index (χ3n) is 3.78. The first-order valence-electron chi connectivity index (χ1n) is 7.11. The predicted molar refractivity (Wildman–Crippen MR) is 71.5 cm³/mol. The van der Waals surface area contributed by atoms with Gasteiger partial charge in [0.15, 0.2) is 0 Å². The summed E-state index contributed by atoms with van der Waals surface area (Å²) in [6.07, 6.45) is 3.62. The van der Waals surface area contributed by atoms with Gasteiger partial charge in [0.25, 0.3) is 0 Å². The van der Waals surface area contributed by atoms with Crippen molar-refractivity contribution in [1.82, 2.24) is 9.80 Å². The summed E-state index contributed by atoms with van der Waals surface area (Å²) in [5.41, 5.74) is -0.235. The predicted octanol–water partition coefficient (Wildman–Crippen LogP) is 1.50. The van der Waals surface area contributed by atoms with Crippen molar-refractivity contribution in [3.05, 3.63) is 0 Å². The molecule has 4 heteroatoms. The van der Waals surface area contributed by atoms with Crippen LogP contribution in [-0.2, 0) is 9.53 Å². The number of fused-ring (bicyclic) bond motifs is 1. The van der Waals surface area contributed by atoms with Crippen LogP contribution in [0.3, 0.4) is 0 Å². The summed E-state index contributed by atoms with van der Waals surface area (Å²) in [5.74, 6) is 0.152. The van der Waals surface area contributed by atoms with E-state index in [-0.39, 0.29) is 18.1 Å². The molecule has 0 N–H and O–H groups in total. The van der Waals surface area contributed by atoms with E-state index in [1.807, 2.05) is 25.7 Å². The van der Waals surface area contributed by atoms with Crippen LogP contribution in [0.25, 0.3) is 0 Å². The van der Waals surface area contributed by atoms with Crippen molar-refractivity contribution in [2.45, 2.75) is 51.7 Å². The van der Waals surface area contributed by atoms with Crippen molar-refractivity contribution in [2.24, 2.45) is 0 Å². The third kappa shape index (κ3) is 3.69. The maximum atomic E-state index is 12.2. The fourth-order valence-corrected chi connectivity index (χ4v) is 2.80. The Kier molecular flexibility index (Phi) is 4.28. The normalized spacial score (nSPS) is 25.9. The van der Waals surface area contributed by atoms with Crippen LogP contribution >= 0.6 is 0 Å². The molecule has 1 amide bonds. The van der Waals surface area contributed by atoms with Gasteiger partial charge in [-0.3, -0.25) is 9.69 Å². The number of carbonyl (C=O) groups is 1. The number of carbonyl (C=O) groups excluding carboxylic acids is 1. The number of hydrogen-bond donors (Lipinski definition) is 0. The van der Waals surface area contributed by atoms with Gasteiger partial charge in [0.1, 0.15) is 6.61 Å². The molecule has 104 valence electrons. The van der Waals surface area contributed by atoms with Crippen LogP contribution < -0.4 is 0 Å². The minimum absolute atomic E-state index is 0.152. The molecule has 4 nitrogen and oxygen atoms in total. The lowest BCUT2D eigenvalue weighted by molar-refractivity contribution is -0.141. The number of nitrogens with zero attached hydrogens (tertiary/aromatic N) is 2. The van der Waals surface area contributed by atoms with Crippen LogP contribution in [0.4, 0.5) is 0 Å². The van der Waals surface area contributed by atoms with Crippen molar-refractivity contribution < 1.29 is 9.53 Å². The minimum Gasteiger partial charge on any atom is -0.366 e. The smallest absolute Gasteiger partial charge is 0.248 e. The minimum atomic E-state index is -0.235. The standard InChI is InChI=1S/C14H26N2O2/c1-14(2,3)18-11-13(17)16-9-5-8-15-7-4-6-12(15)10-16/h12H,4-11H2,1-3H3. The Morgan fingerprint density at radius 3 is 2.67 bits per heavy atom. The van der Waals surface area contributed by atoms with Gasteiger partial charge in [-0.1, -0.05) is 0 Å². The second-order valence-electron chi connectivity index (χ2n) is 6.43.